The molecule has 26 heavy (non-hydrogen) atoms. The number of benzene rings is 2. The third-order valence-corrected chi connectivity index (χ3v) is 4.84. The summed E-state index contributed by atoms with van der Waals surface area (Å²) in [4.78, 5) is 28.9. The third kappa shape index (κ3) is 3.01. The molecule has 0 saturated heterocycles. The van der Waals surface area contributed by atoms with Crippen molar-refractivity contribution in [2.24, 2.45) is 0 Å². The molecule has 0 atom stereocenters. The van der Waals surface area contributed by atoms with Gasteiger partial charge in [-0.15, -0.1) is 0 Å². The molecule has 2 aromatic rings. The van der Waals surface area contributed by atoms with Crippen LogP contribution in [0.2, 0.25) is 0 Å². The van der Waals surface area contributed by atoms with Gasteiger partial charge >= 0.3 is 0 Å². The van der Waals surface area contributed by atoms with Crippen LogP contribution < -0.4 is 9.80 Å². The van der Waals surface area contributed by atoms with Gasteiger partial charge in [0.15, 0.2) is 0 Å². The van der Waals surface area contributed by atoms with Crippen molar-refractivity contribution in [3.63, 3.8) is 0 Å². The molecule has 1 aliphatic heterocycles. The van der Waals surface area contributed by atoms with Gasteiger partial charge in [0.2, 0.25) is 0 Å². The summed E-state index contributed by atoms with van der Waals surface area (Å²) in [6, 6.07) is 13.4. The van der Waals surface area contributed by atoms with Crippen LogP contribution in [0.5, 0.6) is 0 Å². The van der Waals surface area contributed by atoms with Crippen molar-refractivity contribution in [2.45, 2.75) is 27.7 Å². The Morgan fingerprint density at radius 1 is 0.962 bits per heavy atom. The van der Waals surface area contributed by atoms with Crippen molar-refractivity contribution >= 4 is 34.8 Å². The number of halogens is 1. The zero-order chi connectivity index (χ0) is 19.0. The van der Waals surface area contributed by atoms with E-state index in [1.807, 2.05) is 64.1 Å². The number of aryl methyl sites for hydroxylation is 3. The fourth-order valence-electron chi connectivity index (χ4n) is 3.27. The second kappa shape index (κ2) is 6.96. The van der Waals surface area contributed by atoms with Crippen molar-refractivity contribution in [3.05, 3.63) is 69.9 Å². The summed E-state index contributed by atoms with van der Waals surface area (Å²) in [5, 5.41) is -0.0432. The molecule has 5 heteroatoms. The van der Waals surface area contributed by atoms with Gasteiger partial charge in [0.25, 0.3) is 11.8 Å². The summed E-state index contributed by atoms with van der Waals surface area (Å²) in [7, 11) is 0. The van der Waals surface area contributed by atoms with Crippen LogP contribution in [0, 0.1) is 20.8 Å². The molecule has 0 aromatic heterocycles. The highest BCUT2D eigenvalue weighted by molar-refractivity contribution is 6.53. The van der Waals surface area contributed by atoms with Crippen LogP contribution in [0.1, 0.15) is 23.6 Å². The lowest BCUT2D eigenvalue weighted by molar-refractivity contribution is -0.120. The van der Waals surface area contributed by atoms with Gasteiger partial charge in [0, 0.05) is 12.2 Å². The maximum atomic E-state index is 13.1. The van der Waals surface area contributed by atoms with Crippen molar-refractivity contribution in [1.82, 2.24) is 0 Å². The summed E-state index contributed by atoms with van der Waals surface area (Å²) in [6.07, 6.45) is 0. The fourth-order valence-corrected chi connectivity index (χ4v) is 3.53. The maximum Gasteiger partial charge on any atom is 0.283 e. The summed E-state index contributed by atoms with van der Waals surface area (Å²) < 4.78 is 0. The Labute approximate surface area is 158 Å². The second-order valence-corrected chi connectivity index (χ2v) is 6.86. The number of nitrogens with zero attached hydrogens (tertiary/aromatic N) is 2. The molecule has 2 aromatic carbocycles. The van der Waals surface area contributed by atoms with Crippen LogP contribution in [-0.4, -0.2) is 18.4 Å². The number of rotatable bonds is 4. The van der Waals surface area contributed by atoms with E-state index >= 15 is 0 Å². The molecule has 0 saturated carbocycles. The molecular weight excluding hydrogens is 348 g/mol. The summed E-state index contributed by atoms with van der Waals surface area (Å²) in [5.74, 6) is -0.875. The number of hydrogen-bond acceptors (Lipinski definition) is 3. The molecule has 1 heterocycles. The summed E-state index contributed by atoms with van der Waals surface area (Å²) >= 11 is 6.34. The summed E-state index contributed by atoms with van der Waals surface area (Å²) in [6.45, 7) is 8.28. The first-order chi connectivity index (χ1) is 12.3. The van der Waals surface area contributed by atoms with E-state index in [9.17, 15) is 9.59 Å². The number of likely N-dealkylation sites (N-methyl/N-ethyl adjacent to an activating group) is 1. The number of carbonyl (C=O) groups is 2. The van der Waals surface area contributed by atoms with Gasteiger partial charge in [-0.1, -0.05) is 41.4 Å². The number of carbonyl (C=O) groups excluding carboxylic acids is 2. The molecule has 134 valence electrons. The Bertz CT molecular complexity index is 933. The minimum absolute atomic E-state index is 0.0432. The standard InChI is InChI=1S/C21H21ClN2O2/c1-5-23(16-8-6-7-13(2)12-16)19-18(22)20(25)24(21(19)26)17-10-9-14(3)11-15(17)4/h6-12H,5H2,1-4H3. The minimum Gasteiger partial charge on any atom is -0.336 e. The molecule has 0 fully saturated rings. The van der Waals surface area contributed by atoms with Gasteiger partial charge < -0.3 is 4.90 Å². The largest absolute Gasteiger partial charge is 0.336 e. The molecule has 0 radical (unpaired) electrons. The zero-order valence-corrected chi connectivity index (χ0v) is 16.1. The van der Waals surface area contributed by atoms with Crippen molar-refractivity contribution in [3.8, 4) is 0 Å². The highest BCUT2D eigenvalue weighted by Gasteiger charge is 2.41. The molecule has 3 rings (SSSR count). The Kier molecular flexibility index (Phi) is 4.88. The van der Waals surface area contributed by atoms with Crippen LogP contribution >= 0.6 is 11.6 Å². The Morgan fingerprint density at radius 2 is 1.65 bits per heavy atom. The van der Waals surface area contributed by atoms with Crippen molar-refractivity contribution in [2.75, 3.05) is 16.3 Å². The van der Waals surface area contributed by atoms with E-state index in [0.717, 1.165) is 22.4 Å². The van der Waals surface area contributed by atoms with Gasteiger partial charge in [-0.05, 0) is 57.0 Å². The van der Waals surface area contributed by atoms with E-state index in [2.05, 4.69) is 0 Å². The predicted molar refractivity (Wildman–Crippen MR) is 105 cm³/mol. The van der Waals surface area contributed by atoms with Crippen LogP contribution in [0.25, 0.3) is 0 Å². The highest BCUT2D eigenvalue weighted by atomic mass is 35.5. The minimum atomic E-state index is -0.482. The third-order valence-electron chi connectivity index (χ3n) is 4.50. The Morgan fingerprint density at radius 3 is 2.27 bits per heavy atom. The number of hydrogen-bond donors (Lipinski definition) is 0. The van der Waals surface area contributed by atoms with Gasteiger partial charge in [0.1, 0.15) is 10.7 Å². The first kappa shape index (κ1) is 18.2. The molecule has 0 unspecified atom stereocenters. The van der Waals surface area contributed by atoms with Gasteiger partial charge in [-0.2, -0.15) is 0 Å². The fraction of sp³-hybridized carbons (Fsp3) is 0.238. The van der Waals surface area contributed by atoms with Gasteiger partial charge in [-0.25, -0.2) is 4.90 Å². The van der Waals surface area contributed by atoms with E-state index in [0.29, 0.717) is 12.2 Å². The lowest BCUT2D eigenvalue weighted by Crippen LogP contribution is -2.35. The molecule has 0 bridgehead atoms. The molecule has 0 aliphatic carbocycles. The van der Waals surface area contributed by atoms with E-state index in [4.69, 9.17) is 11.6 Å². The summed E-state index contributed by atoms with van der Waals surface area (Å²) in [5.41, 5.74) is 4.63. The average molecular weight is 369 g/mol. The quantitative estimate of drug-likeness (QED) is 0.748. The van der Waals surface area contributed by atoms with E-state index in [-0.39, 0.29) is 10.7 Å². The van der Waals surface area contributed by atoms with Gasteiger partial charge in [-0.3, -0.25) is 9.59 Å². The molecule has 1 aliphatic rings. The smallest absolute Gasteiger partial charge is 0.283 e. The molecule has 0 N–H and O–H groups in total. The van der Waals surface area contributed by atoms with Gasteiger partial charge in [0.05, 0.1) is 5.69 Å². The van der Waals surface area contributed by atoms with Crippen LogP contribution in [0.4, 0.5) is 11.4 Å². The Balaban J connectivity index is 2.05. The van der Waals surface area contributed by atoms with Crippen LogP contribution in [-0.2, 0) is 9.59 Å². The topological polar surface area (TPSA) is 40.6 Å². The Hall–Kier alpha value is -2.59. The molecule has 2 amide bonds. The average Bonchev–Trinajstić information content (AvgIpc) is 2.80. The predicted octanol–water partition coefficient (Wildman–Crippen LogP) is 4.46. The molecule has 4 nitrogen and oxygen atoms in total. The lowest BCUT2D eigenvalue weighted by Gasteiger charge is -2.25. The lowest BCUT2D eigenvalue weighted by atomic mass is 10.1. The van der Waals surface area contributed by atoms with E-state index in [1.54, 1.807) is 11.0 Å². The molecule has 0 spiro atoms. The monoisotopic (exact) mass is 368 g/mol. The normalized spacial score (nSPS) is 14.4. The van der Waals surface area contributed by atoms with Crippen molar-refractivity contribution in [1.29, 1.82) is 0 Å². The SMILES string of the molecule is CCN(C1=C(Cl)C(=O)N(c2ccc(C)cc2C)C1=O)c1cccc(C)c1. The number of imide groups is 1. The van der Waals surface area contributed by atoms with E-state index < -0.39 is 11.8 Å². The van der Waals surface area contributed by atoms with Crippen molar-refractivity contribution < 1.29 is 9.59 Å². The van der Waals surface area contributed by atoms with Crippen LogP contribution in [0.3, 0.4) is 0 Å². The number of anilines is 2. The van der Waals surface area contributed by atoms with E-state index in [1.165, 1.54) is 4.90 Å². The zero-order valence-electron chi connectivity index (χ0n) is 15.3. The highest BCUT2D eigenvalue weighted by Crippen LogP contribution is 2.35. The maximum absolute atomic E-state index is 13.1. The first-order valence-electron chi connectivity index (χ1n) is 8.55. The first-order valence-corrected chi connectivity index (χ1v) is 8.93. The number of amides is 2. The molecular formula is C21H21ClN2O2. The second-order valence-electron chi connectivity index (χ2n) is 6.48. The van der Waals surface area contributed by atoms with Crippen LogP contribution in [0.15, 0.2) is 53.2 Å².